The number of methoxy groups -OCH3 is 1. The smallest absolute Gasteiger partial charge is 0.0477 e. The molecule has 82 valence electrons. The van der Waals surface area contributed by atoms with Crippen molar-refractivity contribution in [3.63, 3.8) is 0 Å². The summed E-state index contributed by atoms with van der Waals surface area (Å²) in [6, 6.07) is 0.630. The van der Waals surface area contributed by atoms with Gasteiger partial charge >= 0.3 is 0 Å². The normalized spacial score (nSPS) is 28.5. The highest BCUT2D eigenvalue weighted by atomic mass is 16.5. The second-order valence-corrected chi connectivity index (χ2v) is 5.04. The van der Waals surface area contributed by atoms with Gasteiger partial charge in [-0.25, -0.2) is 0 Å². The Kier molecular flexibility index (Phi) is 2.82. The van der Waals surface area contributed by atoms with Crippen LogP contribution in [0, 0.1) is 5.92 Å². The molecule has 0 amide bonds. The number of ether oxygens (including phenoxy) is 1. The summed E-state index contributed by atoms with van der Waals surface area (Å²) >= 11 is 0. The lowest BCUT2D eigenvalue weighted by molar-refractivity contribution is 0.0112. The van der Waals surface area contributed by atoms with Crippen LogP contribution in [0.4, 0.5) is 0 Å². The Bertz CT molecular complexity index is 197. The first-order valence-corrected chi connectivity index (χ1v) is 5.67. The summed E-state index contributed by atoms with van der Waals surface area (Å²) in [5, 5.41) is 0. The Hall–Kier alpha value is -0.120. The van der Waals surface area contributed by atoms with Gasteiger partial charge in [-0.1, -0.05) is 0 Å². The van der Waals surface area contributed by atoms with Crippen molar-refractivity contribution in [1.29, 1.82) is 0 Å². The lowest BCUT2D eigenvalue weighted by Crippen LogP contribution is -2.70. The SMILES string of the molecule is COCCC(C)N1CC(N)(C2CC2)C1. The van der Waals surface area contributed by atoms with E-state index < -0.39 is 0 Å². The first kappa shape index (κ1) is 10.4. The van der Waals surface area contributed by atoms with Gasteiger partial charge in [0.05, 0.1) is 0 Å². The minimum atomic E-state index is 0.168. The van der Waals surface area contributed by atoms with Crippen LogP contribution >= 0.6 is 0 Å². The molecule has 2 fully saturated rings. The molecule has 1 saturated carbocycles. The molecule has 1 heterocycles. The van der Waals surface area contributed by atoms with Crippen LogP contribution in [0.25, 0.3) is 0 Å². The molecule has 0 aromatic rings. The van der Waals surface area contributed by atoms with Crippen molar-refractivity contribution in [3.05, 3.63) is 0 Å². The molecule has 0 aromatic carbocycles. The van der Waals surface area contributed by atoms with E-state index in [9.17, 15) is 0 Å². The quantitative estimate of drug-likeness (QED) is 0.711. The van der Waals surface area contributed by atoms with Crippen LogP contribution in [0.1, 0.15) is 26.2 Å². The number of hydrogen-bond donors (Lipinski definition) is 1. The molecule has 0 bridgehead atoms. The van der Waals surface area contributed by atoms with Gasteiger partial charge in [-0.2, -0.15) is 0 Å². The van der Waals surface area contributed by atoms with Gasteiger partial charge in [-0.05, 0) is 32.1 Å². The average Bonchev–Trinajstić information content (AvgIpc) is 2.92. The van der Waals surface area contributed by atoms with Gasteiger partial charge in [0.2, 0.25) is 0 Å². The van der Waals surface area contributed by atoms with E-state index >= 15 is 0 Å². The molecule has 3 heteroatoms. The van der Waals surface area contributed by atoms with Crippen LogP contribution < -0.4 is 5.73 Å². The van der Waals surface area contributed by atoms with Crippen molar-refractivity contribution in [2.24, 2.45) is 11.7 Å². The van der Waals surface area contributed by atoms with Crippen LogP contribution in [-0.4, -0.2) is 43.3 Å². The van der Waals surface area contributed by atoms with Crippen LogP contribution in [0.3, 0.4) is 0 Å². The fourth-order valence-corrected chi connectivity index (χ4v) is 2.41. The van der Waals surface area contributed by atoms with Crippen LogP contribution in [-0.2, 0) is 4.74 Å². The largest absolute Gasteiger partial charge is 0.385 e. The fourth-order valence-electron chi connectivity index (χ4n) is 2.41. The number of nitrogens with zero attached hydrogens (tertiary/aromatic N) is 1. The van der Waals surface area contributed by atoms with Crippen LogP contribution in [0.5, 0.6) is 0 Å². The van der Waals surface area contributed by atoms with Gasteiger partial charge in [0.1, 0.15) is 0 Å². The van der Waals surface area contributed by atoms with Gasteiger partial charge < -0.3 is 10.5 Å². The maximum atomic E-state index is 6.29. The molecule has 1 atom stereocenters. The Balaban J connectivity index is 1.70. The Morgan fingerprint density at radius 3 is 2.64 bits per heavy atom. The molecule has 2 N–H and O–H groups in total. The molecular weight excluding hydrogens is 176 g/mol. The van der Waals surface area contributed by atoms with E-state index in [1.807, 2.05) is 0 Å². The highest BCUT2D eigenvalue weighted by Gasteiger charge is 2.50. The van der Waals surface area contributed by atoms with Gasteiger partial charge in [0.15, 0.2) is 0 Å². The second kappa shape index (κ2) is 3.80. The van der Waals surface area contributed by atoms with Crippen molar-refractivity contribution < 1.29 is 4.74 Å². The van der Waals surface area contributed by atoms with Crippen molar-refractivity contribution in [2.75, 3.05) is 26.8 Å². The third-order valence-electron chi connectivity index (χ3n) is 3.75. The molecule has 0 aromatic heterocycles. The standard InChI is InChI=1S/C11H22N2O/c1-9(5-6-14-2)13-7-11(12,8-13)10-3-4-10/h9-10H,3-8,12H2,1-2H3. The predicted octanol–water partition coefficient (Wildman–Crippen LogP) is 0.834. The maximum Gasteiger partial charge on any atom is 0.0477 e. The van der Waals surface area contributed by atoms with Crippen LogP contribution in [0.15, 0.2) is 0 Å². The van der Waals surface area contributed by atoms with E-state index in [0.29, 0.717) is 6.04 Å². The first-order chi connectivity index (χ1) is 6.65. The zero-order valence-corrected chi connectivity index (χ0v) is 9.33. The van der Waals surface area contributed by atoms with Crippen molar-refractivity contribution >= 4 is 0 Å². The summed E-state index contributed by atoms with van der Waals surface area (Å²) in [6.07, 6.45) is 3.84. The summed E-state index contributed by atoms with van der Waals surface area (Å²) < 4.78 is 5.09. The lowest BCUT2D eigenvalue weighted by atomic mass is 9.84. The summed E-state index contributed by atoms with van der Waals surface area (Å²) in [4.78, 5) is 2.48. The van der Waals surface area contributed by atoms with E-state index in [0.717, 1.165) is 32.0 Å². The zero-order chi connectivity index (χ0) is 10.2. The van der Waals surface area contributed by atoms with E-state index in [1.165, 1.54) is 12.8 Å². The molecular formula is C11H22N2O. The minimum absolute atomic E-state index is 0.168. The maximum absolute atomic E-state index is 6.29. The summed E-state index contributed by atoms with van der Waals surface area (Å²) in [5.74, 6) is 0.827. The average molecular weight is 198 g/mol. The Morgan fingerprint density at radius 2 is 2.14 bits per heavy atom. The molecule has 1 aliphatic carbocycles. The lowest BCUT2D eigenvalue weighted by Gasteiger charge is -2.51. The monoisotopic (exact) mass is 198 g/mol. The van der Waals surface area contributed by atoms with Crippen molar-refractivity contribution in [2.45, 2.75) is 37.8 Å². The molecule has 0 radical (unpaired) electrons. The molecule has 3 nitrogen and oxygen atoms in total. The number of nitrogens with two attached hydrogens (primary N) is 1. The fraction of sp³-hybridized carbons (Fsp3) is 1.00. The molecule has 0 spiro atoms. The van der Waals surface area contributed by atoms with Gasteiger partial charge in [-0.3, -0.25) is 4.90 Å². The van der Waals surface area contributed by atoms with Crippen molar-refractivity contribution in [1.82, 2.24) is 4.90 Å². The third-order valence-corrected chi connectivity index (χ3v) is 3.75. The highest BCUT2D eigenvalue weighted by molar-refractivity contribution is 5.09. The summed E-state index contributed by atoms with van der Waals surface area (Å²) in [5.41, 5.74) is 6.46. The highest BCUT2D eigenvalue weighted by Crippen LogP contribution is 2.43. The van der Waals surface area contributed by atoms with E-state index in [4.69, 9.17) is 10.5 Å². The third kappa shape index (κ3) is 1.95. The van der Waals surface area contributed by atoms with Crippen LogP contribution in [0.2, 0.25) is 0 Å². The molecule has 1 saturated heterocycles. The van der Waals surface area contributed by atoms with E-state index in [-0.39, 0.29) is 5.54 Å². The van der Waals surface area contributed by atoms with Gasteiger partial charge in [-0.15, -0.1) is 0 Å². The second-order valence-electron chi connectivity index (χ2n) is 5.04. The van der Waals surface area contributed by atoms with E-state index in [1.54, 1.807) is 7.11 Å². The summed E-state index contributed by atoms with van der Waals surface area (Å²) in [6.45, 7) is 5.33. The minimum Gasteiger partial charge on any atom is -0.385 e. The Labute approximate surface area is 86.6 Å². The molecule has 1 unspecified atom stereocenters. The number of hydrogen-bond acceptors (Lipinski definition) is 3. The van der Waals surface area contributed by atoms with Gasteiger partial charge in [0, 0.05) is 38.4 Å². The van der Waals surface area contributed by atoms with E-state index in [2.05, 4.69) is 11.8 Å². The number of rotatable bonds is 5. The number of likely N-dealkylation sites (tertiary alicyclic amines) is 1. The molecule has 2 rings (SSSR count). The predicted molar refractivity (Wildman–Crippen MR) is 57.2 cm³/mol. The molecule has 1 aliphatic heterocycles. The first-order valence-electron chi connectivity index (χ1n) is 5.67. The summed E-state index contributed by atoms with van der Waals surface area (Å²) in [7, 11) is 1.76. The topological polar surface area (TPSA) is 38.5 Å². The van der Waals surface area contributed by atoms with Crippen molar-refractivity contribution in [3.8, 4) is 0 Å². The Morgan fingerprint density at radius 1 is 1.50 bits per heavy atom. The molecule has 2 aliphatic rings. The van der Waals surface area contributed by atoms with Gasteiger partial charge in [0.25, 0.3) is 0 Å². The zero-order valence-electron chi connectivity index (χ0n) is 9.33. The molecule has 14 heavy (non-hydrogen) atoms.